The molecule has 1 N–H and O–H groups in total. The number of aromatic carboxylic acids is 1. The van der Waals surface area contributed by atoms with E-state index in [1.807, 2.05) is 0 Å². The molecular weight excluding hydrogens is 326 g/mol. The van der Waals surface area contributed by atoms with Crippen LogP contribution in [0.25, 0.3) is 0 Å². The van der Waals surface area contributed by atoms with Gasteiger partial charge in [0.1, 0.15) is 0 Å². The number of hydrogen-bond donors (Lipinski definition) is 1. The van der Waals surface area contributed by atoms with Crippen molar-refractivity contribution in [3.05, 3.63) is 29.3 Å². The molecule has 138 valence electrons. The van der Waals surface area contributed by atoms with Gasteiger partial charge in [0.25, 0.3) is 0 Å². The summed E-state index contributed by atoms with van der Waals surface area (Å²) in [6.07, 6.45) is -0.359. The third-order valence-corrected chi connectivity index (χ3v) is 3.39. The highest BCUT2D eigenvalue weighted by Gasteiger charge is 2.20. The third-order valence-electron chi connectivity index (χ3n) is 3.39. The Morgan fingerprint density at radius 2 is 1.92 bits per heavy atom. The zero-order chi connectivity index (χ0) is 19.0. The quantitative estimate of drug-likeness (QED) is 0.722. The van der Waals surface area contributed by atoms with Gasteiger partial charge in [0, 0.05) is 18.7 Å². The van der Waals surface area contributed by atoms with Gasteiger partial charge >= 0.3 is 18.0 Å². The summed E-state index contributed by atoms with van der Waals surface area (Å²) in [6, 6.07) is 4.73. The Bertz CT molecular complexity index is 626. The van der Waals surface area contributed by atoms with Gasteiger partial charge in [-0.1, -0.05) is 6.07 Å². The minimum absolute atomic E-state index is 0.116. The molecule has 0 bridgehead atoms. The SMILES string of the molecule is CCOC(=O)CCCN(C(=O)OC(C)C)c1ccc(C)c(C(=O)O)c1. The first kappa shape index (κ1) is 20.5. The highest BCUT2D eigenvalue weighted by Crippen LogP contribution is 2.21. The molecule has 1 aromatic rings. The van der Waals surface area contributed by atoms with E-state index in [2.05, 4.69) is 0 Å². The van der Waals surface area contributed by atoms with Crippen molar-refractivity contribution >= 4 is 23.7 Å². The third kappa shape index (κ3) is 6.45. The fraction of sp³-hybridized carbons (Fsp3) is 0.500. The minimum Gasteiger partial charge on any atom is -0.478 e. The van der Waals surface area contributed by atoms with Gasteiger partial charge < -0.3 is 14.6 Å². The van der Waals surface area contributed by atoms with Gasteiger partial charge in [-0.05, 0) is 51.8 Å². The van der Waals surface area contributed by atoms with E-state index in [1.54, 1.807) is 39.8 Å². The zero-order valence-electron chi connectivity index (χ0n) is 15.1. The molecule has 0 aliphatic rings. The van der Waals surface area contributed by atoms with Crippen molar-refractivity contribution in [3.8, 4) is 0 Å². The molecule has 1 aromatic carbocycles. The number of esters is 1. The second-order valence-electron chi connectivity index (χ2n) is 5.80. The number of benzene rings is 1. The van der Waals surface area contributed by atoms with Crippen LogP contribution >= 0.6 is 0 Å². The second-order valence-corrected chi connectivity index (χ2v) is 5.80. The van der Waals surface area contributed by atoms with E-state index >= 15 is 0 Å². The summed E-state index contributed by atoms with van der Waals surface area (Å²) in [5.41, 5.74) is 1.13. The molecule has 0 aliphatic carbocycles. The number of anilines is 1. The summed E-state index contributed by atoms with van der Waals surface area (Å²) >= 11 is 0. The predicted molar refractivity (Wildman–Crippen MR) is 93.0 cm³/mol. The van der Waals surface area contributed by atoms with E-state index in [0.717, 1.165) is 0 Å². The first-order chi connectivity index (χ1) is 11.8. The van der Waals surface area contributed by atoms with E-state index in [4.69, 9.17) is 9.47 Å². The molecule has 0 heterocycles. The van der Waals surface area contributed by atoms with Crippen LogP contribution < -0.4 is 4.90 Å². The maximum Gasteiger partial charge on any atom is 0.414 e. The first-order valence-corrected chi connectivity index (χ1v) is 8.24. The number of rotatable bonds is 8. The number of hydrogen-bond acceptors (Lipinski definition) is 5. The van der Waals surface area contributed by atoms with E-state index in [0.29, 0.717) is 24.3 Å². The molecule has 0 saturated heterocycles. The molecule has 7 heteroatoms. The molecular formula is C18H25NO6. The highest BCUT2D eigenvalue weighted by atomic mass is 16.6. The van der Waals surface area contributed by atoms with E-state index < -0.39 is 12.1 Å². The van der Waals surface area contributed by atoms with Crippen LogP contribution in [0.3, 0.4) is 0 Å². The lowest BCUT2D eigenvalue weighted by Crippen LogP contribution is -2.34. The minimum atomic E-state index is -1.07. The average molecular weight is 351 g/mol. The Labute approximate surface area is 147 Å². The van der Waals surface area contributed by atoms with Gasteiger partial charge in [0.15, 0.2) is 0 Å². The molecule has 0 radical (unpaired) electrons. The predicted octanol–water partition coefficient (Wildman–Crippen LogP) is 3.39. The lowest BCUT2D eigenvalue weighted by Gasteiger charge is -2.24. The van der Waals surface area contributed by atoms with Gasteiger partial charge in [0.2, 0.25) is 0 Å². The van der Waals surface area contributed by atoms with Crippen molar-refractivity contribution in [2.75, 3.05) is 18.1 Å². The van der Waals surface area contributed by atoms with Crippen LogP contribution in [0, 0.1) is 6.92 Å². The normalized spacial score (nSPS) is 10.4. The number of amides is 1. The van der Waals surface area contributed by atoms with E-state index in [1.165, 1.54) is 11.0 Å². The number of aryl methyl sites for hydroxylation is 1. The molecule has 7 nitrogen and oxygen atoms in total. The number of ether oxygens (including phenoxy) is 2. The second kappa shape index (κ2) is 9.66. The number of carboxylic acids is 1. The molecule has 1 amide bonds. The summed E-state index contributed by atoms with van der Waals surface area (Å²) in [7, 11) is 0. The monoisotopic (exact) mass is 351 g/mol. The van der Waals surface area contributed by atoms with Crippen LogP contribution in [0.4, 0.5) is 10.5 Å². The van der Waals surface area contributed by atoms with Crippen LogP contribution in [0.15, 0.2) is 18.2 Å². The Hall–Kier alpha value is -2.57. The standard InChI is InChI=1S/C18H25NO6/c1-5-24-16(20)7-6-10-19(18(23)25-12(2)3)14-9-8-13(4)15(11-14)17(21)22/h8-9,11-12H,5-7,10H2,1-4H3,(H,21,22). The zero-order valence-corrected chi connectivity index (χ0v) is 15.1. The summed E-state index contributed by atoms with van der Waals surface area (Å²) in [5, 5.41) is 9.27. The number of carboxylic acid groups (broad SMARTS) is 1. The summed E-state index contributed by atoms with van der Waals surface area (Å²) in [5.74, 6) is -1.40. The van der Waals surface area contributed by atoms with Crippen LogP contribution in [-0.2, 0) is 14.3 Å². The Kier molecular flexibility index (Phi) is 7.91. The lowest BCUT2D eigenvalue weighted by molar-refractivity contribution is -0.143. The summed E-state index contributed by atoms with van der Waals surface area (Å²) < 4.78 is 10.1. The number of nitrogens with zero attached hydrogens (tertiary/aromatic N) is 1. The van der Waals surface area contributed by atoms with Crippen LogP contribution in [0.5, 0.6) is 0 Å². The number of carbonyl (C=O) groups is 3. The molecule has 0 atom stereocenters. The summed E-state index contributed by atoms with van der Waals surface area (Å²) in [4.78, 5) is 36.5. The van der Waals surface area contributed by atoms with E-state index in [-0.39, 0.29) is 30.6 Å². The molecule has 0 saturated carbocycles. The van der Waals surface area contributed by atoms with Gasteiger partial charge in [-0.3, -0.25) is 9.69 Å². The fourth-order valence-corrected chi connectivity index (χ4v) is 2.21. The van der Waals surface area contributed by atoms with Gasteiger partial charge in [-0.25, -0.2) is 9.59 Å². The Morgan fingerprint density at radius 1 is 1.24 bits per heavy atom. The van der Waals surface area contributed by atoms with Crippen molar-refractivity contribution in [2.24, 2.45) is 0 Å². The highest BCUT2D eigenvalue weighted by molar-refractivity contribution is 5.93. The Balaban J connectivity index is 2.98. The van der Waals surface area contributed by atoms with Crippen molar-refractivity contribution in [1.29, 1.82) is 0 Å². The molecule has 0 aliphatic heterocycles. The lowest BCUT2D eigenvalue weighted by atomic mass is 10.1. The van der Waals surface area contributed by atoms with Crippen molar-refractivity contribution in [1.82, 2.24) is 0 Å². The molecule has 0 fully saturated rings. The van der Waals surface area contributed by atoms with Gasteiger partial charge in [-0.2, -0.15) is 0 Å². The summed E-state index contributed by atoms with van der Waals surface area (Å²) in [6.45, 7) is 7.39. The smallest absolute Gasteiger partial charge is 0.414 e. The van der Waals surface area contributed by atoms with Gasteiger partial charge in [0.05, 0.1) is 18.3 Å². The molecule has 0 spiro atoms. The van der Waals surface area contributed by atoms with Crippen LogP contribution in [0.1, 0.15) is 49.5 Å². The van der Waals surface area contributed by atoms with Crippen LogP contribution in [-0.4, -0.2) is 42.4 Å². The van der Waals surface area contributed by atoms with E-state index in [9.17, 15) is 19.5 Å². The largest absolute Gasteiger partial charge is 0.478 e. The van der Waals surface area contributed by atoms with Crippen molar-refractivity contribution < 1.29 is 29.0 Å². The molecule has 0 unspecified atom stereocenters. The maximum absolute atomic E-state index is 12.4. The average Bonchev–Trinajstić information content (AvgIpc) is 2.51. The first-order valence-electron chi connectivity index (χ1n) is 8.24. The fourth-order valence-electron chi connectivity index (χ4n) is 2.21. The van der Waals surface area contributed by atoms with Crippen LogP contribution in [0.2, 0.25) is 0 Å². The maximum atomic E-state index is 12.4. The Morgan fingerprint density at radius 3 is 2.48 bits per heavy atom. The molecule has 1 rings (SSSR count). The number of carbonyl (C=O) groups excluding carboxylic acids is 2. The van der Waals surface area contributed by atoms with Crippen molar-refractivity contribution in [2.45, 2.75) is 46.6 Å². The van der Waals surface area contributed by atoms with Crippen molar-refractivity contribution in [3.63, 3.8) is 0 Å². The molecule has 0 aromatic heterocycles. The topological polar surface area (TPSA) is 93.1 Å². The van der Waals surface area contributed by atoms with Gasteiger partial charge in [-0.15, -0.1) is 0 Å². The molecule has 25 heavy (non-hydrogen) atoms.